The molecule has 2 rings (SSSR count). The Morgan fingerprint density at radius 3 is 2.40 bits per heavy atom. The Morgan fingerprint density at radius 2 is 1.80 bits per heavy atom. The highest BCUT2D eigenvalue weighted by atomic mass is 32.2. The molecule has 0 saturated heterocycles. The quantitative estimate of drug-likeness (QED) is 0.820. The van der Waals surface area contributed by atoms with Gasteiger partial charge in [0.2, 0.25) is 0 Å². The SMILES string of the molecule is CCNC(CS(=O)(=O)C1CCCC(C)C1)C1CCCC1. The van der Waals surface area contributed by atoms with Gasteiger partial charge in [-0.05, 0) is 44.1 Å². The molecule has 2 saturated carbocycles. The largest absolute Gasteiger partial charge is 0.313 e. The van der Waals surface area contributed by atoms with Crippen LogP contribution in [0.3, 0.4) is 0 Å². The van der Waals surface area contributed by atoms with Crippen LogP contribution in [0.25, 0.3) is 0 Å². The third-order valence-electron chi connectivity index (χ3n) is 5.24. The van der Waals surface area contributed by atoms with Gasteiger partial charge >= 0.3 is 0 Å². The van der Waals surface area contributed by atoms with E-state index in [0.29, 0.717) is 17.6 Å². The molecule has 2 fully saturated rings. The number of rotatable bonds is 6. The van der Waals surface area contributed by atoms with Crippen molar-refractivity contribution in [2.45, 2.75) is 76.5 Å². The summed E-state index contributed by atoms with van der Waals surface area (Å²) < 4.78 is 25.5. The summed E-state index contributed by atoms with van der Waals surface area (Å²) in [6.07, 6.45) is 9.00. The van der Waals surface area contributed by atoms with Crippen LogP contribution in [0.1, 0.15) is 65.2 Å². The zero-order valence-electron chi connectivity index (χ0n) is 13.1. The van der Waals surface area contributed by atoms with Crippen LogP contribution in [0.2, 0.25) is 0 Å². The van der Waals surface area contributed by atoms with E-state index < -0.39 is 9.84 Å². The number of hydrogen-bond acceptors (Lipinski definition) is 3. The second-order valence-electron chi connectivity index (χ2n) is 6.93. The van der Waals surface area contributed by atoms with Crippen molar-refractivity contribution in [3.05, 3.63) is 0 Å². The molecule has 4 heteroatoms. The average Bonchev–Trinajstić information content (AvgIpc) is 2.92. The molecular formula is C16H31NO2S. The van der Waals surface area contributed by atoms with Gasteiger partial charge in [0.05, 0.1) is 11.0 Å². The van der Waals surface area contributed by atoms with Crippen LogP contribution >= 0.6 is 0 Å². The Morgan fingerprint density at radius 1 is 1.10 bits per heavy atom. The Balaban J connectivity index is 1.99. The lowest BCUT2D eigenvalue weighted by atomic mass is 9.90. The van der Waals surface area contributed by atoms with Crippen LogP contribution in [-0.2, 0) is 9.84 Å². The zero-order valence-corrected chi connectivity index (χ0v) is 13.9. The second kappa shape index (κ2) is 7.26. The highest BCUT2D eigenvalue weighted by molar-refractivity contribution is 7.92. The van der Waals surface area contributed by atoms with Crippen LogP contribution in [0, 0.1) is 11.8 Å². The minimum Gasteiger partial charge on any atom is -0.313 e. The molecule has 2 aliphatic rings. The van der Waals surface area contributed by atoms with Gasteiger partial charge in [0, 0.05) is 6.04 Å². The van der Waals surface area contributed by atoms with E-state index in [-0.39, 0.29) is 11.3 Å². The molecule has 3 unspecified atom stereocenters. The molecule has 118 valence electrons. The summed E-state index contributed by atoms with van der Waals surface area (Å²) in [5.74, 6) is 1.52. The predicted octanol–water partition coefficient (Wildman–Crippen LogP) is 3.15. The van der Waals surface area contributed by atoms with Crippen LogP contribution in [-0.4, -0.2) is 32.0 Å². The molecule has 0 aromatic carbocycles. The number of sulfone groups is 1. The van der Waals surface area contributed by atoms with Crippen molar-refractivity contribution in [1.29, 1.82) is 0 Å². The van der Waals surface area contributed by atoms with Crippen LogP contribution in [0.4, 0.5) is 0 Å². The maximum atomic E-state index is 12.7. The van der Waals surface area contributed by atoms with E-state index in [1.165, 1.54) is 32.1 Å². The van der Waals surface area contributed by atoms with Crippen LogP contribution in [0.5, 0.6) is 0 Å². The lowest BCUT2D eigenvalue weighted by molar-refractivity contribution is 0.368. The molecule has 0 aromatic heterocycles. The first-order chi connectivity index (χ1) is 9.53. The summed E-state index contributed by atoms with van der Waals surface area (Å²) in [6, 6.07) is 0.185. The molecule has 0 radical (unpaired) electrons. The highest BCUT2D eigenvalue weighted by Gasteiger charge is 2.34. The van der Waals surface area contributed by atoms with E-state index in [0.717, 1.165) is 25.8 Å². The molecule has 0 aliphatic heterocycles. The Kier molecular flexibility index (Phi) is 5.91. The van der Waals surface area contributed by atoms with Gasteiger partial charge in [0.25, 0.3) is 0 Å². The van der Waals surface area contributed by atoms with Crippen molar-refractivity contribution in [2.75, 3.05) is 12.3 Å². The van der Waals surface area contributed by atoms with Crippen molar-refractivity contribution in [2.24, 2.45) is 11.8 Å². The fourth-order valence-electron chi connectivity index (χ4n) is 4.07. The van der Waals surface area contributed by atoms with Crippen molar-refractivity contribution in [3.8, 4) is 0 Å². The first-order valence-electron chi connectivity index (χ1n) is 8.48. The maximum absolute atomic E-state index is 12.7. The van der Waals surface area contributed by atoms with E-state index in [4.69, 9.17) is 0 Å². The number of nitrogens with one attached hydrogen (secondary N) is 1. The van der Waals surface area contributed by atoms with Crippen molar-refractivity contribution < 1.29 is 8.42 Å². The van der Waals surface area contributed by atoms with E-state index in [2.05, 4.69) is 19.2 Å². The highest BCUT2D eigenvalue weighted by Crippen LogP contribution is 2.32. The number of hydrogen-bond donors (Lipinski definition) is 1. The second-order valence-corrected chi connectivity index (χ2v) is 9.26. The normalized spacial score (nSPS) is 30.5. The molecule has 1 N–H and O–H groups in total. The van der Waals surface area contributed by atoms with Gasteiger partial charge in [-0.1, -0.05) is 39.5 Å². The van der Waals surface area contributed by atoms with Gasteiger partial charge in [-0.3, -0.25) is 0 Å². The average molecular weight is 301 g/mol. The maximum Gasteiger partial charge on any atom is 0.154 e. The van der Waals surface area contributed by atoms with Crippen molar-refractivity contribution >= 4 is 9.84 Å². The minimum absolute atomic E-state index is 0.0752. The van der Waals surface area contributed by atoms with E-state index >= 15 is 0 Å². The Bertz CT molecular complexity index is 387. The van der Waals surface area contributed by atoms with Gasteiger partial charge in [-0.2, -0.15) is 0 Å². The van der Waals surface area contributed by atoms with E-state index in [9.17, 15) is 8.42 Å². The summed E-state index contributed by atoms with van der Waals surface area (Å²) in [7, 11) is -2.94. The van der Waals surface area contributed by atoms with E-state index in [1.54, 1.807) is 0 Å². The summed E-state index contributed by atoms with van der Waals surface area (Å²) in [5, 5.41) is 3.38. The Labute approximate surface area is 124 Å². The van der Waals surface area contributed by atoms with Gasteiger partial charge in [-0.15, -0.1) is 0 Å². The molecule has 0 amide bonds. The minimum atomic E-state index is -2.94. The van der Waals surface area contributed by atoms with Crippen LogP contribution < -0.4 is 5.32 Å². The third-order valence-corrected chi connectivity index (χ3v) is 7.51. The third kappa shape index (κ3) is 4.20. The van der Waals surface area contributed by atoms with Gasteiger partial charge < -0.3 is 5.32 Å². The summed E-state index contributed by atoms with van der Waals surface area (Å²) in [6.45, 7) is 5.15. The van der Waals surface area contributed by atoms with Gasteiger partial charge in [0.1, 0.15) is 0 Å². The molecule has 0 aromatic rings. The molecule has 3 atom stereocenters. The van der Waals surface area contributed by atoms with Crippen molar-refractivity contribution in [1.82, 2.24) is 5.32 Å². The lowest BCUT2D eigenvalue weighted by Crippen LogP contribution is -2.43. The fourth-order valence-corrected chi connectivity index (χ4v) is 6.38. The monoisotopic (exact) mass is 301 g/mol. The summed E-state index contributed by atoms with van der Waals surface area (Å²) in [4.78, 5) is 0. The molecule has 3 nitrogen and oxygen atoms in total. The lowest BCUT2D eigenvalue weighted by Gasteiger charge is -2.30. The smallest absolute Gasteiger partial charge is 0.154 e. The van der Waals surface area contributed by atoms with Gasteiger partial charge in [-0.25, -0.2) is 8.42 Å². The summed E-state index contributed by atoms with van der Waals surface area (Å²) in [5.41, 5.74) is 0. The Hall–Kier alpha value is -0.0900. The van der Waals surface area contributed by atoms with Crippen molar-refractivity contribution in [3.63, 3.8) is 0 Å². The standard InChI is InChI=1S/C16H31NO2S/c1-3-17-16(14-8-4-5-9-14)12-20(18,19)15-10-6-7-13(2)11-15/h13-17H,3-12H2,1-2H3. The zero-order chi connectivity index (χ0) is 14.6. The first kappa shape index (κ1) is 16.3. The first-order valence-corrected chi connectivity index (χ1v) is 10.2. The fraction of sp³-hybridized carbons (Fsp3) is 1.00. The van der Waals surface area contributed by atoms with Gasteiger partial charge in [0.15, 0.2) is 9.84 Å². The molecule has 0 heterocycles. The molecule has 0 spiro atoms. The summed E-state index contributed by atoms with van der Waals surface area (Å²) >= 11 is 0. The van der Waals surface area contributed by atoms with Crippen LogP contribution in [0.15, 0.2) is 0 Å². The molecule has 2 aliphatic carbocycles. The molecular weight excluding hydrogens is 270 g/mol. The topological polar surface area (TPSA) is 46.2 Å². The van der Waals surface area contributed by atoms with E-state index in [1.807, 2.05) is 0 Å². The predicted molar refractivity (Wildman–Crippen MR) is 84.6 cm³/mol. The molecule has 0 bridgehead atoms. The molecule has 20 heavy (non-hydrogen) atoms.